The van der Waals surface area contributed by atoms with Gasteiger partial charge in [0.05, 0.1) is 12.0 Å². The van der Waals surface area contributed by atoms with Gasteiger partial charge in [0.15, 0.2) is 0 Å². The summed E-state index contributed by atoms with van der Waals surface area (Å²) in [6.07, 6.45) is 4.44. The number of amides is 2. The van der Waals surface area contributed by atoms with Crippen LogP contribution in [0.15, 0.2) is 30.3 Å². The van der Waals surface area contributed by atoms with E-state index in [1.54, 1.807) is 0 Å². The second kappa shape index (κ2) is 10.7. The number of alkyl carbamates (subject to hydrolysis) is 1. The smallest absolute Gasteiger partial charge is 0.407 e. The molecular weight excluding hydrogens is 344 g/mol. The number of carbonyl (C=O) groups is 3. The highest BCUT2D eigenvalue weighted by atomic mass is 16.5. The fraction of sp³-hybridized carbons (Fsp3) is 0.571. The molecule has 1 aliphatic rings. The van der Waals surface area contributed by atoms with Gasteiger partial charge in [-0.15, -0.1) is 0 Å². The second-order valence-electron chi connectivity index (χ2n) is 7.51. The molecule has 1 aromatic carbocycles. The van der Waals surface area contributed by atoms with Crippen molar-refractivity contribution in [2.24, 2.45) is 17.8 Å². The molecule has 27 heavy (non-hydrogen) atoms. The van der Waals surface area contributed by atoms with Crippen LogP contribution in [0.4, 0.5) is 4.79 Å². The standard InChI is InChI=1S/C21H30N2O4/c1-15(2)18(20(25)23-19(13-24)17-10-6-7-11-17)12-22-21(26)27-14-16-8-4-3-5-9-16/h3-5,8-9,13,15,17-19H,6-7,10-12,14H2,1-2H3,(H,22,26)(H,23,25). The Morgan fingerprint density at radius 2 is 1.85 bits per heavy atom. The topological polar surface area (TPSA) is 84.5 Å². The van der Waals surface area contributed by atoms with Crippen LogP contribution >= 0.6 is 0 Å². The van der Waals surface area contributed by atoms with Crippen molar-refractivity contribution in [3.05, 3.63) is 35.9 Å². The van der Waals surface area contributed by atoms with Crippen LogP contribution in [0.2, 0.25) is 0 Å². The summed E-state index contributed by atoms with van der Waals surface area (Å²) in [6, 6.07) is 8.97. The number of hydrogen-bond donors (Lipinski definition) is 2. The van der Waals surface area contributed by atoms with E-state index in [1.165, 1.54) is 0 Å². The molecule has 0 heterocycles. The van der Waals surface area contributed by atoms with Crippen molar-refractivity contribution in [1.29, 1.82) is 0 Å². The second-order valence-corrected chi connectivity index (χ2v) is 7.51. The minimum Gasteiger partial charge on any atom is -0.445 e. The Bertz CT molecular complexity index is 612. The Balaban J connectivity index is 1.81. The van der Waals surface area contributed by atoms with Crippen molar-refractivity contribution in [1.82, 2.24) is 10.6 Å². The van der Waals surface area contributed by atoms with Gasteiger partial charge in [0.25, 0.3) is 0 Å². The van der Waals surface area contributed by atoms with E-state index in [0.29, 0.717) is 0 Å². The average Bonchev–Trinajstić information content (AvgIpc) is 3.19. The third kappa shape index (κ3) is 6.70. The SMILES string of the molecule is CC(C)C(CNC(=O)OCc1ccccc1)C(=O)NC(C=O)C1CCCC1. The number of benzene rings is 1. The molecule has 1 fully saturated rings. The van der Waals surface area contributed by atoms with Crippen molar-refractivity contribution in [3.8, 4) is 0 Å². The molecule has 2 rings (SSSR count). The largest absolute Gasteiger partial charge is 0.445 e. The monoisotopic (exact) mass is 374 g/mol. The predicted octanol–water partition coefficient (Wildman–Crippen LogP) is 3.06. The normalized spacial score (nSPS) is 16.6. The van der Waals surface area contributed by atoms with Crippen LogP contribution in [-0.2, 0) is 20.9 Å². The first-order valence-electron chi connectivity index (χ1n) is 9.71. The summed E-state index contributed by atoms with van der Waals surface area (Å²) in [7, 11) is 0. The lowest BCUT2D eigenvalue weighted by Crippen LogP contribution is -2.47. The molecule has 6 nitrogen and oxygen atoms in total. The van der Waals surface area contributed by atoms with Gasteiger partial charge < -0.3 is 20.2 Å². The molecule has 2 amide bonds. The molecule has 0 bridgehead atoms. The molecule has 2 unspecified atom stereocenters. The molecule has 6 heteroatoms. The Hall–Kier alpha value is -2.37. The molecule has 1 aromatic rings. The van der Waals surface area contributed by atoms with Gasteiger partial charge >= 0.3 is 6.09 Å². The highest BCUT2D eigenvalue weighted by molar-refractivity contribution is 5.82. The molecule has 2 atom stereocenters. The molecule has 148 valence electrons. The van der Waals surface area contributed by atoms with Gasteiger partial charge in [-0.3, -0.25) is 4.79 Å². The van der Waals surface area contributed by atoms with Gasteiger partial charge in [0.1, 0.15) is 12.9 Å². The molecule has 0 aliphatic heterocycles. The van der Waals surface area contributed by atoms with E-state index >= 15 is 0 Å². The number of hydrogen-bond acceptors (Lipinski definition) is 4. The van der Waals surface area contributed by atoms with E-state index in [2.05, 4.69) is 10.6 Å². The fourth-order valence-corrected chi connectivity index (χ4v) is 3.45. The van der Waals surface area contributed by atoms with Gasteiger partial charge in [-0.2, -0.15) is 0 Å². The summed E-state index contributed by atoms with van der Waals surface area (Å²) in [5.41, 5.74) is 0.899. The van der Waals surface area contributed by atoms with Crippen molar-refractivity contribution in [2.75, 3.05) is 6.54 Å². The maximum Gasteiger partial charge on any atom is 0.407 e. The van der Waals surface area contributed by atoms with Crippen LogP contribution in [0, 0.1) is 17.8 Å². The minimum absolute atomic E-state index is 0.0234. The van der Waals surface area contributed by atoms with Gasteiger partial charge in [-0.25, -0.2) is 4.79 Å². The number of rotatable bonds is 9. The number of nitrogens with one attached hydrogen (secondary N) is 2. The highest BCUT2D eigenvalue weighted by Gasteiger charge is 2.30. The quantitative estimate of drug-likeness (QED) is 0.651. The predicted molar refractivity (Wildman–Crippen MR) is 103 cm³/mol. The van der Waals surface area contributed by atoms with E-state index in [0.717, 1.165) is 37.5 Å². The van der Waals surface area contributed by atoms with E-state index < -0.39 is 18.1 Å². The maximum absolute atomic E-state index is 12.6. The summed E-state index contributed by atoms with van der Waals surface area (Å²) < 4.78 is 5.18. The Labute approximate surface area is 161 Å². The summed E-state index contributed by atoms with van der Waals surface area (Å²) in [6.45, 7) is 4.20. The fourth-order valence-electron chi connectivity index (χ4n) is 3.45. The summed E-state index contributed by atoms with van der Waals surface area (Å²) in [5, 5.41) is 5.54. The zero-order valence-electron chi connectivity index (χ0n) is 16.1. The third-order valence-electron chi connectivity index (χ3n) is 5.18. The first-order chi connectivity index (χ1) is 13.0. The van der Waals surface area contributed by atoms with Gasteiger partial charge in [0, 0.05) is 6.54 Å². The van der Waals surface area contributed by atoms with Gasteiger partial charge in [-0.05, 0) is 30.2 Å². The van der Waals surface area contributed by atoms with Gasteiger partial charge in [0.2, 0.25) is 5.91 Å². The summed E-state index contributed by atoms with van der Waals surface area (Å²) >= 11 is 0. The molecule has 1 aliphatic carbocycles. The van der Waals surface area contributed by atoms with Crippen LogP contribution < -0.4 is 10.6 Å². The van der Waals surface area contributed by atoms with E-state index in [4.69, 9.17) is 4.74 Å². The average molecular weight is 374 g/mol. The van der Waals surface area contributed by atoms with E-state index in [1.807, 2.05) is 44.2 Å². The van der Waals surface area contributed by atoms with Crippen molar-refractivity contribution in [3.63, 3.8) is 0 Å². The van der Waals surface area contributed by atoms with Crippen LogP contribution in [0.5, 0.6) is 0 Å². The zero-order valence-corrected chi connectivity index (χ0v) is 16.1. The van der Waals surface area contributed by atoms with E-state index in [9.17, 15) is 14.4 Å². The van der Waals surface area contributed by atoms with Crippen LogP contribution in [-0.4, -0.2) is 30.9 Å². The van der Waals surface area contributed by atoms with Crippen LogP contribution in [0.25, 0.3) is 0 Å². The van der Waals surface area contributed by atoms with Crippen molar-refractivity contribution >= 4 is 18.3 Å². The molecular formula is C21H30N2O4. The van der Waals surface area contributed by atoms with Crippen molar-refractivity contribution in [2.45, 2.75) is 52.2 Å². The minimum atomic E-state index is -0.556. The lowest BCUT2D eigenvalue weighted by atomic mass is 9.93. The molecule has 0 radical (unpaired) electrons. The van der Waals surface area contributed by atoms with Crippen LogP contribution in [0.1, 0.15) is 45.1 Å². The Morgan fingerprint density at radius 1 is 1.19 bits per heavy atom. The lowest BCUT2D eigenvalue weighted by Gasteiger charge is -2.25. The van der Waals surface area contributed by atoms with Gasteiger partial charge in [-0.1, -0.05) is 57.0 Å². The summed E-state index contributed by atoms with van der Waals surface area (Å²) in [5.74, 6) is -0.367. The molecule has 0 spiro atoms. The zero-order chi connectivity index (χ0) is 19.6. The number of carbonyl (C=O) groups excluding carboxylic acids is 3. The van der Waals surface area contributed by atoms with E-state index in [-0.39, 0.29) is 30.9 Å². The number of ether oxygens (including phenoxy) is 1. The molecule has 2 N–H and O–H groups in total. The third-order valence-corrected chi connectivity index (χ3v) is 5.18. The van der Waals surface area contributed by atoms with Crippen LogP contribution in [0.3, 0.4) is 0 Å². The molecule has 0 saturated heterocycles. The molecule has 1 saturated carbocycles. The Morgan fingerprint density at radius 3 is 2.44 bits per heavy atom. The number of aldehydes is 1. The highest BCUT2D eigenvalue weighted by Crippen LogP contribution is 2.27. The van der Waals surface area contributed by atoms with Crippen molar-refractivity contribution < 1.29 is 19.1 Å². The lowest BCUT2D eigenvalue weighted by molar-refractivity contribution is -0.129. The Kier molecular flexibility index (Phi) is 8.30. The summed E-state index contributed by atoms with van der Waals surface area (Å²) in [4.78, 5) is 36.0. The first-order valence-corrected chi connectivity index (χ1v) is 9.71. The maximum atomic E-state index is 12.6. The first kappa shape index (κ1) is 20.9. The molecule has 0 aromatic heterocycles.